The molecule has 0 aromatic rings. The summed E-state index contributed by atoms with van der Waals surface area (Å²) in [5.74, 6) is 0.616. The topological polar surface area (TPSA) is 58.4 Å². The van der Waals surface area contributed by atoms with Crippen molar-refractivity contribution in [1.82, 2.24) is 10.2 Å². The van der Waals surface area contributed by atoms with Crippen LogP contribution in [0.4, 0.5) is 0 Å². The number of nitrogens with two attached hydrogens (primary N) is 1. The normalized spacial score (nSPS) is 32.0. The summed E-state index contributed by atoms with van der Waals surface area (Å²) in [5, 5.41) is 3.33. The molecule has 0 aromatic carbocycles. The Kier molecular flexibility index (Phi) is 3.46. The number of rotatable bonds is 5. The van der Waals surface area contributed by atoms with E-state index in [1.54, 1.807) is 0 Å². The third-order valence-electron chi connectivity index (χ3n) is 4.19. The van der Waals surface area contributed by atoms with Crippen LogP contribution < -0.4 is 11.1 Å². The minimum atomic E-state index is -0.599. The van der Waals surface area contributed by atoms with Crippen molar-refractivity contribution < 1.29 is 4.79 Å². The maximum Gasteiger partial charge on any atom is 0.238 e. The number of carbonyl (C=O) groups is 1. The lowest BCUT2D eigenvalue weighted by Crippen LogP contribution is -2.62. The van der Waals surface area contributed by atoms with E-state index < -0.39 is 5.54 Å². The van der Waals surface area contributed by atoms with Crippen LogP contribution in [0.2, 0.25) is 0 Å². The monoisotopic (exact) mass is 239 g/mol. The molecule has 0 aromatic heterocycles. The van der Waals surface area contributed by atoms with Crippen molar-refractivity contribution >= 4 is 5.91 Å². The van der Waals surface area contributed by atoms with Crippen LogP contribution in [-0.2, 0) is 4.79 Å². The van der Waals surface area contributed by atoms with Crippen LogP contribution in [0, 0.1) is 5.92 Å². The van der Waals surface area contributed by atoms with Gasteiger partial charge in [0.1, 0.15) is 5.54 Å². The molecule has 2 aliphatic rings. The Hall–Kier alpha value is -0.610. The predicted molar refractivity (Wildman–Crippen MR) is 68.6 cm³/mol. The molecule has 2 rings (SSSR count). The van der Waals surface area contributed by atoms with Crippen LogP contribution in [0.3, 0.4) is 0 Å². The first-order valence-electron chi connectivity index (χ1n) is 6.72. The van der Waals surface area contributed by atoms with E-state index in [0.29, 0.717) is 6.04 Å². The van der Waals surface area contributed by atoms with Gasteiger partial charge in [-0.3, -0.25) is 9.69 Å². The van der Waals surface area contributed by atoms with Crippen LogP contribution >= 0.6 is 0 Å². The highest BCUT2D eigenvalue weighted by atomic mass is 16.1. The van der Waals surface area contributed by atoms with Gasteiger partial charge in [0, 0.05) is 25.2 Å². The number of nitrogens with zero attached hydrogens (tertiary/aromatic N) is 1. The smallest absolute Gasteiger partial charge is 0.238 e. The van der Waals surface area contributed by atoms with Gasteiger partial charge in [-0.05, 0) is 46.0 Å². The van der Waals surface area contributed by atoms with E-state index in [1.807, 2.05) is 6.92 Å². The largest absolute Gasteiger partial charge is 0.368 e. The van der Waals surface area contributed by atoms with Gasteiger partial charge in [0.25, 0.3) is 0 Å². The van der Waals surface area contributed by atoms with Crippen LogP contribution in [-0.4, -0.2) is 41.5 Å². The second-order valence-corrected chi connectivity index (χ2v) is 6.26. The van der Waals surface area contributed by atoms with Gasteiger partial charge in [-0.15, -0.1) is 0 Å². The van der Waals surface area contributed by atoms with E-state index in [4.69, 9.17) is 5.73 Å². The van der Waals surface area contributed by atoms with Gasteiger partial charge in [-0.1, -0.05) is 0 Å². The molecule has 98 valence electrons. The molecule has 1 saturated carbocycles. The van der Waals surface area contributed by atoms with Crippen LogP contribution in [0.25, 0.3) is 0 Å². The average molecular weight is 239 g/mol. The Morgan fingerprint density at radius 1 is 1.53 bits per heavy atom. The third kappa shape index (κ3) is 2.63. The van der Waals surface area contributed by atoms with Gasteiger partial charge in [-0.2, -0.15) is 0 Å². The molecule has 3 N–H and O–H groups in total. The van der Waals surface area contributed by atoms with Crippen LogP contribution in [0.1, 0.15) is 40.0 Å². The summed E-state index contributed by atoms with van der Waals surface area (Å²) in [6.45, 7) is 7.94. The number of likely N-dealkylation sites (tertiary alicyclic amines) is 1. The number of amides is 1. The average Bonchev–Trinajstić information content (AvgIpc) is 2.77. The number of primary amides is 1. The fourth-order valence-electron chi connectivity index (χ4n) is 3.46. The molecule has 3 unspecified atom stereocenters. The maximum absolute atomic E-state index is 11.7. The highest BCUT2D eigenvalue weighted by Gasteiger charge is 2.42. The van der Waals surface area contributed by atoms with E-state index in [2.05, 4.69) is 24.1 Å². The Morgan fingerprint density at radius 2 is 2.24 bits per heavy atom. The molecule has 1 amide bonds. The Labute approximate surface area is 104 Å². The first-order valence-corrected chi connectivity index (χ1v) is 6.72. The molecule has 1 saturated heterocycles. The van der Waals surface area contributed by atoms with Gasteiger partial charge >= 0.3 is 0 Å². The SMILES string of the molecule is CC(C)NC(C)(CN1CC2CCC1C2)C(N)=O. The number of nitrogens with one attached hydrogen (secondary N) is 1. The van der Waals surface area contributed by atoms with Crippen molar-refractivity contribution in [3.05, 3.63) is 0 Å². The summed E-state index contributed by atoms with van der Waals surface area (Å²) in [6, 6.07) is 0.958. The molecule has 0 radical (unpaired) electrons. The number of carbonyl (C=O) groups excluding carboxylic acids is 1. The summed E-state index contributed by atoms with van der Waals surface area (Å²) >= 11 is 0. The Morgan fingerprint density at radius 3 is 2.65 bits per heavy atom. The molecule has 1 aliphatic carbocycles. The minimum absolute atomic E-state index is 0.242. The fraction of sp³-hybridized carbons (Fsp3) is 0.923. The van der Waals surface area contributed by atoms with Crippen molar-refractivity contribution in [3.8, 4) is 0 Å². The lowest BCUT2D eigenvalue weighted by atomic mass is 9.98. The molecule has 0 spiro atoms. The molecular formula is C13H25N3O. The third-order valence-corrected chi connectivity index (χ3v) is 4.19. The van der Waals surface area contributed by atoms with Gasteiger partial charge in [0.2, 0.25) is 5.91 Å². The summed E-state index contributed by atoms with van der Waals surface area (Å²) in [7, 11) is 0. The standard InChI is InChI=1S/C13H25N3O/c1-9(2)15-13(3,12(14)17)8-16-7-10-4-5-11(16)6-10/h9-11,15H,4-8H2,1-3H3,(H2,14,17). The van der Waals surface area contributed by atoms with Crippen molar-refractivity contribution in [2.45, 2.75) is 57.7 Å². The van der Waals surface area contributed by atoms with Gasteiger partial charge in [0.15, 0.2) is 0 Å². The molecule has 1 aliphatic heterocycles. The van der Waals surface area contributed by atoms with E-state index in [0.717, 1.165) is 19.0 Å². The van der Waals surface area contributed by atoms with Crippen molar-refractivity contribution in [2.75, 3.05) is 13.1 Å². The van der Waals surface area contributed by atoms with Gasteiger partial charge in [-0.25, -0.2) is 0 Å². The molecule has 3 atom stereocenters. The number of hydrogen-bond donors (Lipinski definition) is 2. The summed E-state index contributed by atoms with van der Waals surface area (Å²) in [6.07, 6.45) is 3.98. The van der Waals surface area contributed by atoms with E-state index in [1.165, 1.54) is 19.3 Å². The van der Waals surface area contributed by atoms with E-state index in [-0.39, 0.29) is 11.9 Å². The van der Waals surface area contributed by atoms with Crippen LogP contribution in [0.5, 0.6) is 0 Å². The number of hydrogen-bond acceptors (Lipinski definition) is 3. The molecule has 2 bridgehead atoms. The maximum atomic E-state index is 11.7. The molecule has 4 nitrogen and oxygen atoms in total. The Bertz CT molecular complexity index is 305. The zero-order chi connectivity index (χ0) is 12.6. The lowest BCUT2D eigenvalue weighted by Gasteiger charge is -2.37. The van der Waals surface area contributed by atoms with E-state index in [9.17, 15) is 4.79 Å². The van der Waals surface area contributed by atoms with Crippen molar-refractivity contribution in [3.63, 3.8) is 0 Å². The highest BCUT2D eigenvalue weighted by molar-refractivity contribution is 5.84. The molecule has 2 fully saturated rings. The number of fused-ring (bicyclic) bond motifs is 2. The van der Waals surface area contributed by atoms with Gasteiger partial charge in [0.05, 0.1) is 0 Å². The van der Waals surface area contributed by atoms with Crippen molar-refractivity contribution in [2.24, 2.45) is 11.7 Å². The summed E-state index contributed by atoms with van der Waals surface area (Å²) in [4.78, 5) is 14.1. The number of piperidine rings is 1. The quantitative estimate of drug-likeness (QED) is 0.743. The lowest BCUT2D eigenvalue weighted by molar-refractivity contribution is -0.125. The molecule has 1 heterocycles. The first kappa shape index (κ1) is 12.8. The fourth-order valence-corrected chi connectivity index (χ4v) is 3.46. The summed E-state index contributed by atoms with van der Waals surface area (Å²) in [5.41, 5.74) is 4.97. The summed E-state index contributed by atoms with van der Waals surface area (Å²) < 4.78 is 0. The second-order valence-electron chi connectivity index (χ2n) is 6.26. The predicted octanol–water partition coefficient (Wildman–Crippen LogP) is 0.713. The molecule has 17 heavy (non-hydrogen) atoms. The molecule has 4 heteroatoms. The zero-order valence-corrected chi connectivity index (χ0v) is 11.2. The second kappa shape index (κ2) is 4.58. The van der Waals surface area contributed by atoms with Crippen LogP contribution in [0.15, 0.2) is 0 Å². The Balaban J connectivity index is 2.00. The van der Waals surface area contributed by atoms with Gasteiger partial charge < -0.3 is 11.1 Å². The van der Waals surface area contributed by atoms with E-state index >= 15 is 0 Å². The van der Waals surface area contributed by atoms with Crippen molar-refractivity contribution in [1.29, 1.82) is 0 Å². The zero-order valence-electron chi connectivity index (χ0n) is 11.2. The highest BCUT2D eigenvalue weighted by Crippen LogP contribution is 2.37. The first-order chi connectivity index (χ1) is 7.90. The minimum Gasteiger partial charge on any atom is -0.368 e. The molecular weight excluding hydrogens is 214 g/mol.